The lowest BCUT2D eigenvalue weighted by Crippen LogP contribution is -2.00. The number of benzene rings is 2. The number of rotatable bonds is 2. The Balaban J connectivity index is 2.40. The summed E-state index contributed by atoms with van der Waals surface area (Å²) in [5.74, 6) is -2.27. The van der Waals surface area contributed by atoms with E-state index in [4.69, 9.17) is 0 Å². The molecule has 0 heterocycles. The fraction of sp³-hybridized carbons (Fsp3) is 0.0714. The minimum absolute atomic E-state index is 0.159. The van der Waals surface area contributed by atoms with Gasteiger partial charge in [0.15, 0.2) is 11.6 Å². The van der Waals surface area contributed by atoms with E-state index in [1.54, 1.807) is 12.1 Å². The largest absolute Gasteiger partial charge is 0.465 e. The normalized spacial score (nSPS) is 10.2. The van der Waals surface area contributed by atoms with Gasteiger partial charge in [-0.1, -0.05) is 24.3 Å². The second-order valence-electron chi connectivity index (χ2n) is 3.67. The summed E-state index contributed by atoms with van der Waals surface area (Å²) in [5, 5.41) is 0. The summed E-state index contributed by atoms with van der Waals surface area (Å²) in [6, 6.07) is 10.1. The van der Waals surface area contributed by atoms with E-state index in [1.807, 2.05) is 0 Å². The predicted molar refractivity (Wildman–Crippen MR) is 63.1 cm³/mol. The molecule has 0 fully saturated rings. The van der Waals surface area contributed by atoms with E-state index in [0.29, 0.717) is 11.1 Å². The molecule has 0 aliphatic heterocycles. The van der Waals surface area contributed by atoms with Gasteiger partial charge in [-0.15, -0.1) is 0 Å². The molecule has 0 spiro atoms. The monoisotopic (exact) mass is 248 g/mol. The molecule has 0 N–H and O–H groups in total. The molecule has 18 heavy (non-hydrogen) atoms. The van der Waals surface area contributed by atoms with Crippen LogP contribution in [0.5, 0.6) is 0 Å². The maximum Gasteiger partial charge on any atom is 0.337 e. The van der Waals surface area contributed by atoms with Gasteiger partial charge in [0, 0.05) is 5.56 Å². The van der Waals surface area contributed by atoms with Gasteiger partial charge in [0.05, 0.1) is 12.7 Å². The van der Waals surface area contributed by atoms with Gasteiger partial charge in [0.1, 0.15) is 0 Å². The van der Waals surface area contributed by atoms with Crippen LogP contribution >= 0.6 is 0 Å². The van der Waals surface area contributed by atoms with Crippen molar-refractivity contribution in [2.45, 2.75) is 0 Å². The average molecular weight is 248 g/mol. The van der Waals surface area contributed by atoms with Gasteiger partial charge in [0.25, 0.3) is 0 Å². The summed E-state index contributed by atoms with van der Waals surface area (Å²) in [7, 11) is 1.28. The van der Waals surface area contributed by atoms with Crippen LogP contribution in [0.25, 0.3) is 11.1 Å². The van der Waals surface area contributed by atoms with Crippen LogP contribution in [0.15, 0.2) is 42.5 Å². The summed E-state index contributed by atoms with van der Waals surface area (Å²) in [6.07, 6.45) is 0. The minimum Gasteiger partial charge on any atom is -0.465 e. The number of carbonyl (C=O) groups is 1. The van der Waals surface area contributed by atoms with Crippen molar-refractivity contribution >= 4 is 5.97 Å². The van der Waals surface area contributed by atoms with Crippen LogP contribution in [0.1, 0.15) is 10.4 Å². The Bertz CT molecular complexity index is 577. The van der Waals surface area contributed by atoms with Crippen LogP contribution in [0.3, 0.4) is 0 Å². The lowest BCUT2D eigenvalue weighted by Gasteiger charge is -2.05. The molecule has 0 aliphatic carbocycles. The third kappa shape index (κ3) is 2.22. The van der Waals surface area contributed by atoms with Crippen LogP contribution in [0.2, 0.25) is 0 Å². The number of hydrogen-bond donors (Lipinski definition) is 0. The molecule has 0 unspecified atom stereocenters. The highest BCUT2D eigenvalue weighted by Crippen LogP contribution is 2.24. The SMILES string of the molecule is COC(=O)c1ccc(-c2cccc(F)c2F)cc1. The van der Waals surface area contributed by atoms with E-state index in [1.165, 1.54) is 31.4 Å². The first-order chi connectivity index (χ1) is 8.63. The Labute approximate surface area is 103 Å². The Hall–Kier alpha value is -2.23. The fourth-order valence-electron chi connectivity index (χ4n) is 1.63. The molecule has 2 nitrogen and oxygen atoms in total. The molecule has 0 atom stereocenters. The molecule has 0 aromatic heterocycles. The lowest BCUT2D eigenvalue weighted by atomic mass is 10.0. The smallest absolute Gasteiger partial charge is 0.337 e. The van der Waals surface area contributed by atoms with E-state index in [9.17, 15) is 13.6 Å². The molecule has 2 aromatic carbocycles. The first-order valence-electron chi connectivity index (χ1n) is 5.26. The van der Waals surface area contributed by atoms with Gasteiger partial charge in [0.2, 0.25) is 0 Å². The summed E-state index contributed by atoms with van der Waals surface area (Å²) < 4.78 is 31.2. The Morgan fingerprint density at radius 2 is 1.72 bits per heavy atom. The van der Waals surface area contributed by atoms with Crippen LogP contribution in [0.4, 0.5) is 8.78 Å². The molecule has 0 amide bonds. The number of methoxy groups -OCH3 is 1. The first kappa shape index (κ1) is 12.2. The van der Waals surface area contributed by atoms with Crippen LogP contribution < -0.4 is 0 Å². The quantitative estimate of drug-likeness (QED) is 0.761. The van der Waals surface area contributed by atoms with E-state index >= 15 is 0 Å². The Morgan fingerprint density at radius 3 is 2.33 bits per heavy atom. The first-order valence-corrected chi connectivity index (χ1v) is 5.26. The third-order valence-corrected chi connectivity index (χ3v) is 2.57. The van der Waals surface area contributed by atoms with Gasteiger partial charge >= 0.3 is 5.97 Å². The molecule has 4 heteroatoms. The lowest BCUT2D eigenvalue weighted by molar-refractivity contribution is 0.0601. The Morgan fingerprint density at radius 1 is 1.06 bits per heavy atom. The van der Waals surface area contributed by atoms with Crippen molar-refractivity contribution < 1.29 is 18.3 Å². The van der Waals surface area contributed by atoms with E-state index < -0.39 is 17.6 Å². The molecule has 0 saturated carbocycles. The highest BCUT2D eigenvalue weighted by Gasteiger charge is 2.10. The van der Waals surface area contributed by atoms with Crippen LogP contribution in [0, 0.1) is 11.6 Å². The number of hydrogen-bond acceptors (Lipinski definition) is 2. The summed E-state index contributed by atoms with van der Waals surface area (Å²) >= 11 is 0. The third-order valence-electron chi connectivity index (χ3n) is 2.57. The molecule has 2 aromatic rings. The van der Waals surface area contributed by atoms with Crippen molar-refractivity contribution in [3.8, 4) is 11.1 Å². The topological polar surface area (TPSA) is 26.3 Å². The van der Waals surface area contributed by atoms with Crippen molar-refractivity contribution in [2.24, 2.45) is 0 Å². The molecule has 0 radical (unpaired) electrons. The van der Waals surface area contributed by atoms with Gasteiger partial charge in [-0.2, -0.15) is 0 Å². The molecule has 0 saturated heterocycles. The maximum absolute atomic E-state index is 13.5. The van der Waals surface area contributed by atoms with Crippen LogP contribution in [-0.4, -0.2) is 13.1 Å². The highest BCUT2D eigenvalue weighted by atomic mass is 19.2. The Kier molecular flexibility index (Phi) is 3.37. The van der Waals surface area contributed by atoms with Gasteiger partial charge in [-0.3, -0.25) is 0 Å². The summed E-state index contributed by atoms with van der Waals surface area (Å²) in [5.41, 5.74) is 1.02. The van der Waals surface area contributed by atoms with Gasteiger partial charge in [-0.25, -0.2) is 13.6 Å². The summed E-state index contributed by atoms with van der Waals surface area (Å²) in [6.45, 7) is 0. The molecule has 0 bridgehead atoms. The molecule has 92 valence electrons. The standard InChI is InChI=1S/C14H10F2O2/c1-18-14(17)10-7-5-9(6-8-10)11-3-2-4-12(15)13(11)16/h2-8H,1H3. The van der Waals surface area contributed by atoms with Crippen molar-refractivity contribution in [3.63, 3.8) is 0 Å². The summed E-state index contributed by atoms with van der Waals surface area (Å²) in [4.78, 5) is 11.2. The van der Waals surface area contributed by atoms with Gasteiger partial charge < -0.3 is 4.74 Å². The second-order valence-corrected chi connectivity index (χ2v) is 3.67. The maximum atomic E-state index is 13.5. The van der Waals surface area contributed by atoms with E-state index in [-0.39, 0.29) is 5.56 Å². The van der Waals surface area contributed by atoms with Crippen molar-refractivity contribution in [1.29, 1.82) is 0 Å². The number of halogens is 2. The van der Waals surface area contributed by atoms with E-state index in [0.717, 1.165) is 6.07 Å². The minimum atomic E-state index is -0.900. The number of esters is 1. The molecular formula is C14H10F2O2. The molecular weight excluding hydrogens is 238 g/mol. The second kappa shape index (κ2) is 4.96. The zero-order valence-electron chi connectivity index (χ0n) is 9.61. The predicted octanol–water partition coefficient (Wildman–Crippen LogP) is 3.42. The fourth-order valence-corrected chi connectivity index (χ4v) is 1.63. The van der Waals surface area contributed by atoms with Crippen molar-refractivity contribution in [3.05, 3.63) is 59.7 Å². The van der Waals surface area contributed by atoms with Gasteiger partial charge in [-0.05, 0) is 23.8 Å². The van der Waals surface area contributed by atoms with E-state index in [2.05, 4.69) is 4.74 Å². The van der Waals surface area contributed by atoms with Crippen molar-refractivity contribution in [2.75, 3.05) is 7.11 Å². The van der Waals surface area contributed by atoms with Crippen molar-refractivity contribution in [1.82, 2.24) is 0 Å². The highest BCUT2D eigenvalue weighted by molar-refractivity contribution is 5.89. The van der Waals surface area contributed by atoms with Crippen LogP contribution in [-0.2, 0) is 4.74 Å². The molecule has 0 aliphatic rings. The number of carbonyl (C=O) groups excluding carboxylic acids is 1. The molecule has 2 rings (SSSR count). The zero-order valence-corrected chi connectivity index (χ0v) is 9.61. The number of ether oxygens (including phenoxy) is 1. The average Bonchev–Trinajstić information content (AvgIpc) is 2.41. The zero-order chi connectivity index (χ0) is 13.1.